The molecule has 0 aromatic heterocycles. The summed E-state index contributed by atoms with van der Waals surface area (Å²) < 4.78 is 12.5. The molecule has 0 spiro atoms. The Morgan fingerprint density at radius 2 is 1.66 bits per heavy atom. The number of carbonyl (C=O) groups excluding carboxylic acids is 1. The summed E-state index contributed by atoms with van der Waals surface area (Å²) in [6.07, 6.45) is 4.02. The molecule has 0 bridgehead atoms. The Labute approximate surface area is 213 Å². The average Bonchev–Trinajstić information content (AvgIpc) is 2.79. The van der Waals surface area contributed by atoms with Gasteiger partial charge in [0.25, 0.3) is 11.6 Å². The lowest BCUT2D eigenvalue weighted by Gasteiger charge is -2.29. The van der Waals surface area contributed by atoms with Gasteiger partial charge in [0, 0.05) is 23.7 Å². The van der Waals surface area contributed by atoms with Gasteiger partial charge in [-0.25, -0.2) is 0 Å². The number of aryl methyl sites for hydroxylation is 1. The van der Waals surface area contributed by atoms with Crippen LogP contribution in [0.1, 0.15) is 83.1 Å². The molecule has 2 aromatic rings. The van der Waals surface area contributed by atoms with E-state index in [2.05, 4.69) is 46.9 Å². The van der Waals surface area contributed by atoms with Crippen molar-refractivity contribution < 1.29 is 19.2 Å². The van der Waals surface area contributed by atoms with Crippen molar-refractivity contribution in [2.24, 2.45) is 0 Å². The Morgan fingerprint density at radius 3 is 2.29 bits per heavy atom. The lowest BCUT2D eigenvalue weighted by molar-refractivity contribution is -0.385. The van der Waals surface area contributed by atoms with Crippen LogP contribution >= 0.6 is 11.6 Å². The van der Waals surface area contributed by atoms with Gasteiger partial charge in [0.05, 0.1) is 4.92 Å². The minimum atomic E-state index is -0.584. The van der Waals surface area contributed by atoms with Crippen molar-refractivity contribution in [2.45, 2.75) is 84.8 Å². The molecular weight excluding hydrogens is 468 g/mol. The molecule has 0 aliphatic carbocycles. The predicted octanol–water partition coefficient (Wildman–Crippen LogP) is 7.14. The highest BCUT2D eigenvalue weighted by Gasteiger charge is 2.22. The van der Waals surface area contributed by atoms with E-state index in [1.807, 2.05) is 18.2 Å². The van der Waals surface area contributed by atoms with Crippen LogP contribution in [0, 0.1) is 10.1 Å². The minimum Gasteiger partial charge on any atom is -0.488 e. The number of nitrogens with one attached hydrogen (secondary N) is 1. The first-order chi connectivity index (χ1) is 16.4. The van der Waals surface area contributed by atoms with Gasteiger partial charge >= 0.3 is 0 Å². The predicted molar refractivity (Wildman–Crippen MR) is 140 cm³/mol. The first-order valence-corrected chi connectivity index (χ1v) is 12.5. The van der Waals surface area contributed by atoms with E-state index in [4.69, 9.17) is 21.1 Å². The molecule has 0 heterocycles. The van der Waals surface area contributed by atoms with Crippen molar-refractivity contribution in [3.8, 4) is 11.5 Å². The van der Waals surface area contributed by atoms with Crippen LogP contribution in [-0.2, 0) is 6.42 Å². The number of rotatable bonds is 13. The SMILES string of the molecule is CCC(C)(C)Oc1ccc(CCCCNC(=O)c2cc(Cl)ccc2[N+](=O)[O-])c(OC(C)(C)CC)c1. The normalized spacial score (nSPS) is 11.7. The maximum absolute atomic E-state index is 12.5. The number of hydrogen-bond donors (Lipinski definition) is 1. The molecule has 0 saturated heterocycles. The van der Waals surface area contributed by atoms with Gasteiger partial charge in [-0.1, -0.05) is 31.5 Å². The maximum atomic E-state index is 12.5. The number of benzene rings is 2. The fourth-order valence-electron chi connectivity index (χ4n) is 3.25. The maximum Gasteiger partial charge on any atom is 0.282 e. The second kappa shape index (κ2) is 12.2. The zero-order valence-electron chi connectivity index (χ0n) is 21.6. The molecule has 1 amide bonds. The Bertz CT molecular complexity index is 1040. The van der Waals surface area contributed by atoms with Crippen molar-refractivity contribution in [1.82, 2.24) is 5.32 Å². The number of ether oxygens (including phenoxy) is 2. The van der Waals surface area contributed by atoms with E-state index >= 15 is 0 Å². The van der Waals surface area contributed by atoms with Crippen molar-refractivity contribution in [2.75, 3.05) is 6.54 Å². The third-order valence-corrected chi connectivity index (χ3v) is 6.32. The molecule has 7 nitrogen and oxygen atoms in total. The van der Waals surface area contributed by atoms with Gasteiger partial charge in [-0.15, -0.1) is 0 Å². The highest BCUT2D eigenvalue weighted by Crippen LogP contribution is 2.32. The fraction of sp³-hybridized carbons (Fsp3) is 0.519. The smallest absolute Gasteiger partial charge is 0.282 e. The Morgan fingerprint density at radius 1 is 1.00 bits per heavy atom. The zero-order chi connectivity index (χ0) is 26.2. The molecule has 0 aliphatic rings. The molecule has 192 valence electrons. The first-order valence-electron chi connectivity index (χ1n) is 12.1. The summed E-state index contributed by atoms with van der Waals surface area (Å²) in [7, 11) is 0. The van der Waals surface area contributed by atoms with E-state index < -0.39 is 10.8 Å². The Kier molecular flexibility index (Phi) is 9.95. The van der Waals surface area contributed by atoms with Gasteiger partial charge in [0.15, 0.2) is 0 Å². The molecule has 35 heavy (non-hydrogen) atoms. The van der Waals surface area contributed by atoms with E-state index in [0.717, 1.165) is 42.7 Å². The largest absolute Gasteiger partial charge is 0.488 e. The summed E-state index contributed by atoms with van der Waals surface area (Å²) in [6.45, 7) is 12.8. The van der Waals surface area contributed by atoms with E-state index in [1.54, 1.807) is 0 Å². The van der Waals surface area contributed by atoms with Crippen molar-refractivity contribution in [3.63, 3.8) is 0 Å². The van der Waals surface area contributed by atoms with Crippen LogP contribution in [-0.4, -0.2) is 28.6 Å². The van der Waals surface area contributed by atoms with Gasteiger partial charge in [0.1, 0.15) is 28.3 Å². The number of unbranched alkanes of at least 4 members (excludes halogenated alkanes) is 1. The van der Waals surface area contributed by atoms with E-state index in [9.17, 15) is 14.9 Å². The second-order valence-corrected chi connectivity index (χ2v) is 10.3. The summed E-state index contributed by atoms with van der Waals surface area (Å²) in [5.74, 6) is 1.07. The van der Waals surface area contributed by atoms with Crippen LogP contribution in [0.5, 0.6) is 11.5 Å². The number of amides is 1. The minimum absolute atomic E-state index is 0.0365. The number of hydrogen-bond acceptors (Lipinski definition) is 5. The lowest BCUT2D eigenvalue weighted by Crippen LogP contribution is -2.28. The number of nitrogens with zero attached hydrogens (tertiary/aromatic N) is 1. The highest BCUT2D eigenvalue weighted by atomic mass is 35.5. The quantitative estimate of drug-likeness (QED) is 0.178. The summed E-state index contributed by atoms with van der Waals surface area (Å²) in [5.41, 5.74) is 0.194. The van der Waals surface area contributed by atoms with E-state index in [0.29, 0.717) is 13.0 Å². The topological polar surface area (TPSA) is 90.7 Å². The van der Waals surface area contributed by atoms with Crippen molar-refractivity contribution in [3.05, 3.63) is 62.7 Å². The second-order valence-electron chi connectivity index (χ2n) is 9.83. The zero-order valence-corrected chi connectivity index (χ0v) is 22.3. The van der Waals surface area contributed by atoms with Crippen LogP contribution in [0.4, 0.5) is 5.69 Å². The van der Waals surface area contributed by atoms with Crippen molar-refractivity contribution in [1.29, 1.82) is 0 Å². The van der Waals surface area contributed by atoms with Gasteiger partial charge in [0.2, 0.25) is 0 Å². The van der Waals surface area contributed by atoms with Crippen LogP contribution in [0.3, 0.4) is 0 Å². The molecule has 1 N–H and O–H groups in total. The number of halogens is 1. The van der Waals surface area contributed by atoms with Gasteiger partial charge in [-0.2, -0.15) is 0 Å². The summed E-state index contributed by atoms with van der Waals surface area (Å²) in [5, 5.41) is 14.2. The summed E-state index contributed by atoms with van der Waals surface area (Å²) in [4.78, 5) is 23.1. The van der Waals surface area contributed by atoms with Crippen LogP contribution < -0.4 is 14.8 Å². The van der Waals surface area contributed by atoms with E-state index in [-0.39, 0.29) is 27.5 Å². The summed E-state index contributed by atoms with van der Waals surface area (Å²) >= 11 is 5.92. The molecule has 0 atom stereocenters. The van der Waals surface area contributed by atoms with Crippen LogP contribution in [0.2, 0.25) is 5.02 Å². The van der Waals surface area contributed by atoms with Gasteiger partial charge in [-0.05, 0) is 83.6 Å². The number of nitro groups is 1. The number of nitro benzene ring substituents is 1. The molecule has 2 aromatic carbocycles. The first kappa shape index (κ1) is 28.4. The fourth-order valence-corrected chi connectivity index (χ4v) is 3.42. The Hall–Kier alpha value is -2.80. The molecule has 8 heteroatoms. The number of carbonyl (C=O) groups is 1. The van der Waals surface area contributed by atoms with Crippen molar-refractivity contribution >= 4 is 23.2 Å². The molecule has 0 aliphatic heterocycles. The average molecular weight is 505 g/mol. The third-order valence-electron chi connectivity index (χ3n) is 6.08. The standard InChI is InChI=1S/C27H37ClN2O5/c1-7-26(3,4)34-21-14-12-19(24(18-21)35-27(5,6)8-2)11-9-10-16-29-25(31)22-17-20(28)13-15-23(22)30(32)33/h12-15,17-18H,7-11,16H2,1-6H3,(H,29,31). The molecular formula is C27H37ClN2O5. The third kappa shape index (κ3) is 8.73. The molecule has 0 saturated carbocycles. The highest BCUT2D eigenvalue weighted by molar-refractivity contribution is 6.31. The molecule has 0 radical (unpaired) electrons. The van der Waals surface area contributed by atoms with Gasteiger partial charge in [-0.3, -0.25) is 14.9 Å². The summed E-state index contributed by atoms with van der Waals surface area (Å²) in [6, 6.07) is 9.93. The molecule has 0 unspecified atom stereocenters. The molecule has 0 fully saturated rings. The van der Waals surface area contributed by atoms with Crippen LogP contribution in [0.25, 0.3) is 0 Å². The molecule has 2 rings (SSSR count). The van der Waals surface area contributed by atoms with Gasteiger partial charge < -0.3 is 14.8 Å². The monoisotopic (exact) mass is 504 g/mol. The lowest BCUT2D eigenvalue weighted by atomic mass is 10.0. The van der Waals surface area contributed by atoms with E-state index in [1.165, 1.54) is 18.2 Å². The van der Waals surface area contributed by atoms with Crippen LogP contribution in [0.15, 0.2) is 36.4 Å². The Balaban J connectivity index is 2.02.